The largest absolute Gasteiger partial charge is 0.504 e. The number of carbonyl (C=O) groups is 1. The first-order valence-electron chi connectivity index (χ1n) is 9.47. The Labute approximate surface area is 167 Å². The van der Waals surface area contributed by atoms with E-state index in [0.717, 1.165) is 11.1 Å². The van der Waals surface area contributed by atoms with Gasteiger partial charge in [0.2, 0.25) is 0 Å². The molecule has 1 spiro atoms. The van der Waals surface area contributed by atoms with Crippen LogP contribution in [0.5, 0.6) is 11.5 Å². The van der Waals surface area contributed by atoms with Gasteiger partial charge in [-0.15, -0.1) is 0 Å². The van der Waals surface area contributed by atoms with Gasteiger partial charge in [0.05, 0.1) is 12.2 Å². The van der Waals surface area contributed by atoms with Crippen LogP contribution in [0.3, 0.4) is 0 Å². The minimum absolute atomic E-state index is 0.103. The number of amides is 1. The molecule has 3 N–H and O–H groups in total. The van der Waals surface area contributed by atoms with Crippen LogP contribution in [-0.4, -0.2) is 22.7 Å². The predicted molar refractivity (Wildman–Crippen MR) is 106 cm³/mol. The number of carbonyl (C=O) groups excluding carboxylic acids is 1. The van der Waals surface area contributed by atoms with Crippen molar-refractivity contribution in [2.24, 2.45) is 0 Å². The Morgan fingerprint density at radius 3 is 2.55 bits per heavy atom. The van der Waals surface area contributed by atoms with Crippen LogP contribution in [0.25, 0.3) is 0 Å². The van der Waals surface area contributed by atoms with Gasteiger partial charge in [0.15, 0.2) is 17.0 Å². The molecule has 5 nitrogen and oxygen atoms in total. The number of aromatic hydroxyl groups is 2. The highest BCUT2D eigenvalue weighted by molar-refractivity contribution is 6.10. The van der Waals surface area contributed by atoms with Crippen LogP contribution in [0.4, 0.5) is 10.1 Å². The number of nitrogens with zero attached hydrogens (tertiary/aromatic N) is 1. The van der Waals surface area contributed by atoms with Gasteiger partial charge in [-0.05, 0) is 41.8 Å². The van der Waals surface area contributed by atoms with Gasteiger partial charge in [-0.1, -0.05) is 36.4 Å². The monoisotopic (exact) mass is 390 g/mol. The van der Waals surface area contributed by atoms with Gasteiger partial charge in [-0.3, -0.25) is 10.1 Å². The lowest BCUT2D eigenvalue weighted by molar-refractivity contribution is -0.123. The summed E-state index contributed by atoms with van der Waals surface area (Å²) in [6.07, 6.45) is 0.619. The fraction of sp³-hybridized carbons (Fsp3) is 0.174. The lowest BCUT2D eigenvalue weighted by Crippen LogP contribution is -2.54. The van der Waals surface area contributed by atoms with E-state index in [9.17, 15) is 19.4 Å². The average molecular weight is 390 g/mol. The van der Waals surface area contributed by atoms with Crippen LogP contribution in [-0.2, 0) is 23.3 Å². The zero-order valence-electron chi connectivity index (χ0n) is 15.5. The lowest BCUT2D eigenvalue weighted by Gasteiger charge is -2.36. The Morgan fingerprint density at radius 2 is 1.72 bits per heavy atom. The molecule has 3 aromatic carbocycles. The molecule has 0 saturated carbocycles. The highest BCUT2D eigenvalue weighted by atomic mass is 19.1. The number of halogens is 1. The van der Waals surface area contributed by atoms with E-state index < -0.39 is 5.54 Å². The number of hydrogen-bond acceptors (Lipinski definition) is 4. The Morgan fingerprint density at radius 1 is 1.00 bits per heavy atom. The molecule has 5 rings (SSSR count). The Bertz CT molecular complexity index is 1150. The van der Waals surface area contributed by atoms with Crippen molar-refractivity contribution in [3.8, 4) is 11.5 Å². The highest BCUT2D eigenvalue weighted by Gasteiger charge is 2.54. The predicted octanol–water partition coefficient (Wildman–Crippen LogP) is 3.17. The fourth-order valence-electron chi connectivity index (χ4n) is 4.49. The summed E-state index contributed by atoms with van der Waals surface area (Å²) in [7, 11) is 0. The van der Waals surface area contributed by atoms with Crippen molar-refractivity contribution in [3.05, 3.63) is 88.7 Å². The number of anilines is 1. The van der Waals surface area contributed by atoms with E-state index in [2.05, 4.69) is 5.32 Å². The lowest BCUT2D eigenvalue weighted by atomic mass is 9.78. The van der Waals surface area contributed by atoms with Gasteiger partial charge in [0.1, 0.15) is 5.82 Å². The van der Waals surface area contributed by atoms with Crippen molar-refractivity contribution in [1.82, 2.24) is 5.32 Å². The Hall–Kier alpha value is -3.38. The smallest absolute Gasteiger partial charge is 0.256 e. The molecule has 1 amide bonds. The topological polar surface area (TPSA) is 72.8 Å². The molecule has 1 atom stereocenters. The molecule has 0 radical (unpaired) electrons. The SMILES string of the molecule is O=C1N(Cc2ccccc2F)c2ccccc2C12NCCc1cc(O)c(O)cc12. The zero-order valence-corrected chi connectivity index (χ0v) is 15.5. The number of para-hydroxylation sites is 1. The maximum absolute atomic E-state index is 14.3. The van der Waals surface area contributed by atoms with Crippen molar-refractivity contribution in [3.63, 3.8) is 0 Å². The minimum atomic E-state index is -1.18. The van der Waals surface area contributed by atoms with Gasteiger partial charge < -0.3 is 15.1 Å². The second kappa shape index (κ2) is 6.32. The standard InChI is InChI=1S/C23H19FN2O3/c24-18-7-3-1-5-15(18)13-26-19-8-4-2-6-16(19)23(22(26)29)17-12-21(28)20(27)11-14(17)9-10-25-23/h1-8,11-12,25,27-28H,9-10,13H2. The molecule has 2 heterocycles. The maximum Gasteiger partial charge on any atom is 0.256 e. The summed E-state index contributed by atoms with van der Waals surface area (Å²) < 4.78 is 14.3. The molecule has 1 unspecified atom stereocenters. The van der Waals surface area contributed by atoms with Gasteiger partial charge in [-0.25, -0.2) is 4.39 Å². The molecule has 146 valence electrons. The molecular formula is C23H19FN2O3. The summed E-state index contributed by atoms with van der Waals surface area (Å²) in [5.41, 5.74) is 2.13. The minimum Gasteiger partial charge on any atom is -0.504 e. The van der Waals surface area contributed by atoms with Crippen LogP contribution in [0.1, 0.15) is 22.3 Å². The summed E-state index contributed by atoms with van der Waals surface area (Å²) in [5, 5.41) is 23.4. The first-order chi connectivity index (χ1) is 14.0. The summed E-state index contributed by atoms with van der Waals surface area (Å²) in [5.74, 6) is -1.07. The van der Waals surface area contributed by atoms with Crippen LogP contribution in [0, 0.1) is 5.82 Å². The normalized spacial score (nSPS) is 20.0. The van der Waals surface area contributed by atoms with E-state index in [1.807, 2.05) is 24.3 Å². The molecule has 29 heavy (non-hydrogen) atoms. The molecule has 0 bridgehead atoms. The van der Waals surface area contributed by atoms with E-state index in [0.29, 0.717) is 29.8 Å². The van der Waals surface area contributed by atoms with Crippen molar-refractivity contribution >= 4 is 11.6 Å². The van der Waals surface area contributed by atoms with Crippen molar-refractivity contribution in [1.29, 1.82) is 0 Å². The molecule has 0 aliphatic carbocycles. The second-order valence-corrected chi connectivity index (χ2v) is 7.42. The number of rotatable bonds is 2. The average Bonchev–Trinajstić information content (AvgIpc) is 2.95. The third kappa shape index (κ3) is 2.46. The fourth-order valence-corrected chi connectivity index (χ4v) is 4.49. The van der Waals surface area contributed by atoms with E-state index >= 15 is 0 Å². The van der Waals surface area contributed by atoms with Crippen molar-refractivity contribution < 1.29 is 19.4 Å². The molecule has 0 aromatic heterocycles. The highest BCUT2D eigenvalue weighted by Crippen LogP contribution is 2.49. The number of fused-ring (bicyclic) bond motifs is 4. The molecule has 0 saturated heterocycles. The van der Waals surface area contributed by atoms with Gasteiger partial charge >= 0.3 is 0 Å². The number of benzene rings is 3. The van der Waals surface area contributed by atoms with Crippen LogP contribution in [0.15, 0.2) is 60.7 Å². The Balaban J connectivity index is 1.70. The number of phenolic OH excluding ortho intramolecular Hbond substituents is 2. The summed E-state index contributed by atoms with van der Waals surface area (Å²) in [6, 6.07) is 16.8. The van der Waals surface area contributed by atoms with Crippen molar-refractivity contribution in [2.75, 3.05) is 11.4 Å². The van der Waals surface area contributed by atoms with E-state index in [1.54, 1.807) is 23.1 Å². The van der Waals surface area contributed by atoms with E-state index in [4.69, 9.17) is 0 Å². The van der Waals surface area contributed by atoms with Crippen LogP contribution in [0.2, 0.25) is 0 Å². The number of phenols is 2. The zero-order chi connectivity index (χ0) is 20.2. The Kier molecular flexibility index (Phi) is 3.86. The summed E-state index contributed by atoms with van der Waals surface area (Å²) >= 11 is 0. The van der Waals surface area contributed by atoms with Crippen molar-refractivity contribution in [2.45, 2.75) is 18.5 Å². The second-order valence-electron chi connectivity index (χ2n) is 7.42. The van der Waals surface area contributed by atoms with Gasteiger partial charge in [-0.2, -0.15) is 0 Å². The number of nitrogens with one attached hydrogen (secondary N) is 1. The first-order valence-corrected chi connectivity index (χ1v) is 9.47. The van der Waals surface area contributed by atoms with E-state index in [1.165, 1.54) is 18.2 Å². The molecule has 2 aliphatic rings. The molecule has 3 aromatic rings. The maximum atomic E-state index is 14.3. The summed E-state index contributed by atoms with van der Waals surface area (Å²) in [4.78, 5) is 15.4. The third-order valence-corrected chi connectivity index (χ3v) is 5.84. The molecule has 0 fully saturated rings. The van der Waals surface area contributed by atoms with Gasteiger partial charge in [0, 0.05) is 17.7 Å². The molecular weight excluding hydrogens is 371 g/mol. The van der Waals surface area contributed by atoms with Crippen LogP contribution >= 0.6 is 0 Å². The summed E-state index contributed by atoms with van der Waals surface area (Å²) in [6.45, 7) is 0.635. The molecule has 2 aliphatic heterocycles. The van der Waals surface area contributed by atoms with Gasteiger partial charge in [0.25, 0.3) is 5.91 Å². The van der Waals surface area contributed by atoms with Crippen LogP contribution < -0.4 is 10.2 Å². The number of hydrogen-bond donors (Lipinski definition) is 3. The van der Waals surface area contributed by atoms with E-state index in [-0.39, 0.29) is 29.8 Å². The first kappa shape index (κ1) is 17.7. The molecule has 6 heteroatoms. The quantitative estimate of drug-likeness (QED) is 0.588. The third-order valence-electron chi connectivity index (χ3n) is 5.84.